The normalized spacial score (nSPS) is 9.93. The van der Waals surface area contributed by atoms with Crippen molar-refractivity contribution in [1.82, 2.24) is 9.97 Å². The van der Waals surface area contributed by atoms with Gasteiger partial charge in [0.15, 0.2) is 11.0 Å². The molecule has 0 aromatic carbocycles. The lowest BCUT2D eigenvalue weighted by Crippen LogP contribution is -1.91. The number of hydrogen-bond acceptors (Lipinski definition) is 4. The van der Waals surface area contributed by atoms with E-state index in [0.29, 0.717) is 11.4 Å². The Bertz CT molecular complexity index is 542. The fourth-order valence-corrected chi connectivity index (χ4v) is 2.18. The lowest BCUT2D eigenvalue weighted by atomic mass is 10.3. The quantitative estimate of drug-likeness (QED) is 0.714. The van der Waals surface area contributed by atoms with E-state index < -0.39 is 0 Å². The summed E-state index contributed by atoms with van der Waals surface area (Å²) in [5.41, 5.74) is 1.41. The second kappa shape index (κ2) is 3.97. The van der Waals surface area contributed by atoms with Crippen molar-refractivity contribution in [3.63, 3.8) is 0 Å². The molecule has 0 N–H and O–H groups in total. The lowest BCUT2D eigenvalue weighted by Gasteiger charge is -1.99. The molecule has 0 saturated carbocycles. The number of nitriles is 1. The maximum atomic E-state index is 8.68. The van der Waals surface area contributed by atoms with Gasteiger partial charge in [0.2, 0.25) is 0 Å². The molecule has 0 spiro atoms. The van der Waals surface area contributed by atoms with Crippen LogP contribution in [0.3, 0.4) is 0 Å². The van der Waals surface area contributed by atoms with E-state index >= 15 is 0 Å². The highest BCUT2D eigenvalue weighted by molar-refractivity contribution is 7.13. The van der Waals surface area contributed by atoms with E-state index in [-0.39, 0.29) is 5.15 Å². The van der Waals surface area contributed by atoms with Crippen molar-refractivity contribution in [2.75, 3.05) is 0 Å². The smallest absolute Gasteiger partial charge is 0.171 e. The number of halogens is 1. The largest absolute Gasteiger partial charge is 0.234 e. The Hall–Kier alpha value is -1.44. The fraction of sp³-hybridized carbons (Fsp3) is 0.100. The molecule has 5 heteroatoms. The zero-order valence-corrected chi connectivity index (χ0v) is 9.43. The van der Waals surface area contributed by atoms with Gasteiger partial charge in [-0.05, 0) is 23.9 Å². The van der Waals surface area contributed by atoms with Crippen LogP contribution in [0.1, 0.15) is 11.1 Å². The first-order chi connectivity index (χ1) is 7.22. The molecule has 0 saturated heterocycles. The molecule has 0 aliphatic heterocycles. The third kappa shape index (κ3) is 1.84. The maximum absolute atomic E-state index is 8.68. The van der Waals surface area contributed by atoms with Crippen LogP contribution in [0.5, 0.6) is 0 Å². The zero-order chi connectivity index (χ0) is 10.8. The Morgan fingerprint density at radius 3 is 2.87 bits per heavy atom. The first kappa shape index (κ1) is 10.1. The molecule has 0 unspecified atom stereocenters. The van der Waals surface area contributed by atoms with Gasteiger partial charge in [0, 0.05) is 0 Å². The summed E-state index contributed by atoms with van der Waals surface area (Å²) in [5.74, 6) is 0.575. The molecule has 0 aliphatic rings. The Morgan fingerprint density at radius 2 is 2.33 bits per heavy atom. The summed E-state index contributed by atoms with van der Waals surface area (Å²) >= 11 is 7.39. The average molecular weight is 236 g/mol. The van der Waals surface area contributed by atoms with Crippen LogP contribution in [0.2, 0.25) is 5.15 Å². The topological polar surface area (TPSA) is 49.6 Å². The van der Waals surface area contributed by atoms with Crippen molar-refractivity contribution in [2.24, 2.45) is 0 Å². The molecule has 0 fully saturated rings. The van der Waals surface area contributed by atoms with Crippen LogP contribution in [0.15, 0.2) is 17.6 Å². The highest BCUT2D eigenvalue weighted by Gasteiger charge is 2.09. The van der Waals surface area contributed by atoms with E-state index in [1.54, 1.807) is 11.3 Å². The van der Waals surface area contributed by atoms with Crippen molar-refractivity contribution < 1.29 is 0 Å². The number of aromatic nitrogens is 2. The van der Waals surface area contributed by atoms with Gasteiger partial charge in [-0.15, -0.1) is 11.3 Å². The molecule has 0 radical (unpaired) electrons. The minimum atomic E-state index is 0.204. The number of aryl methyl sites for hydroxylation is 1. The molecule has 2 aromatic rings. The minimum absolute atomic E-state index is 0.204. The Morgan fingerprint density at radius 1 is 1.53 bits per heavy atom. The summed E-state index contributed by atoms with van der Waals surface area (Å²) < 4.78 is 0. The fourth-order valence-electron chi connectivity index (χ4n) is 1.15. The summed E-state index contributed by atoms with van der Waals surface area (Å²) in [4.78, 5) is 9.18. The molecule has 3 nitrogen and oxygen atoms in total. The SMILES string of the molecule is Cc1ccsc1-c1ncc(C#N)c(Cl)n1. The van der Waals surface area contributed by atoms with Crippen LogP contribution in [-0.4, -0.2) is 9.97 Å². The van der Waals surface area contributed by atoms with Crippen molar-refractivity contribution in [3.05, 3.63) is 33.9 Å². The third-order valence-corrected chi connectivity index (χ3v) is 3.23. The molecule has 2 heterocycles. The summed E-state index contributed by atoms with van der Waals surface area (Å²) in [6, 6.07) is 3.92. The summed E-state index contributed by atoms with van der Waals surface area (Å²) in [5, 5.41) is 10.9. The van der Waals surface area contributed by atoms with Gasteiger partial charge < -0.3 is 0 Å². The minimum Gasteiger partial charge on any atom is -0.234 e. The van der Waals surface area contributed by atoms with E-state index in [9.17, 15) is 0 Å². The maximum Gasteiger partial charge on any atom is 0.171 e. The van der Waals surface area contributed by atoms with E-state index in [0.717, 1.165) is 10.4 Å². The summed E-state index contributed by atoms with van der Waals surface area (Å²) in [7, 11) is 0. The first-order valence-electron chi connectivity index (χ1n) is 4.19. The van der Waals surface area contributed by atoms with Gasteiger partial charge in [-0.1, -0.05) is 11.6 Å². The van der Waals surface area contributed by atoms with Gasteiger partial charge in [0.05, 0.1) is 11.1 Å². The first-order valence-corrected chi connectivity index (χ1v) is 5.45. The zero-order valence-electron chi connectivity index (χ0n) is 7.86. The number of thiophene rings is 1. The highest BCUT2D eigenvalue weighted by atomic mass is 35.5. The molecule has 0 amide bonds. The summed E-state index contributed by atoms with van der Waals surface area (Å²) in [6.45, 7) is 1.99. The molecular weight excluding hydrogens is 230 g/mol. The summed E-state index contributed by atoms with van der Waals surface area (Å²) in [6.07, 6.45) is 1.45. The van der Waals surface area contributed by atoms with Gasteiger partial charge >= 0.3 is 0 Å². The van der Waals surface area contributed by atoms with Crippen molar-refractivity contribution in [3.8, 4) is 16.8 Å². The van der Waals surface area contributed by atoms with Gasteiger partial charge in [0.1, 0.15) is 11.6 Å². The number of nitrogens with zero attached hydrogens (tertiary/aromatic N) is 3. The van der Waals surface area contributed by atoms with Crippen LogP contribution < -0.4 is 0 Å². The molecule has 0 atom stereocenters. The number of rotatable bonds is 1. The lowest BCUT2D eigenvalue weighted by molar-refractivity contribution is 1.16. The van der Waals surface area contributed by atoms with Gasteiger partial charge in [-0.25, -0.2) is 9.97 Å². The Labute approximate surface area is 96.0 Å². The Kier molecular flexibility index (Phi) is 2.67. The molecule has 74 valence electrons. The van der Waals surface area contributed by atoms with Crippen molar-refractivity contribution >= 4 is 22.9 Å². The third-order valence-electron chi connectivity index (χ3n) is 1.93. The monoisotopic (exact) mass is 235 g/mol. The molecule has 2 rings (SSSR count). The standard InChI is InChI=1S/C10H6ClN3S/c1-6-2-3-15-8(6)10-13-5-7(4-12)9(11)14-10/h2-3,5H,1H3. The van der Waals surface area contributed by atoms with Gasteiger partial charge in [-0.2, -0.15) is 5.26 Å². The van der Waals surface area contributed by atoms with Crippen molar-refractivity contribution in [1.29, 1.82) is 5.26 Å². The van der Waals surface area contributed by atoms with Crippen LogP contribution in [-0.2, 0) is 0 Å². The molecular formula is C10H6ClN3S. The van der Waals surface area contributed by atoms with Crippen LogP contribution in [0.25, 0.3) is 10.7 Å². The molecule has 0 bridgehead atoms. The van der Waals surface area contributed by atoms with E-state index in [4.69, 9.17) is 16.9 Å². The number of hydrogen-bond donors (Lipinski definition) is 0. The van der Waals surface area contributed by atoms with Crippen LogP contribution >= 0.6 is 22.9 Å². The van der Waals surface area contributed by atoms with E-state index in [2.05, 4.69) is 9.97 Å². The molecule has 2 aromatic heterocycles. The highest BCUT2D eigenvalue weighted by Crippen LogP contribution is 2.27. The van der Waals surface area contributed by atoms with Gasteiger partial charge in [-0.3, -0.25) is 0 Å². The second-order valence-electron chi connectivity index (χ2n) is 2.94. The predicted octanol–water partition coefficient (Wildman–Crippen LogP) is 3.04. The van der Waals surface area contributed by atoms with Crippen LogP contribution in [0, 0.1) is 18.3 Å². The molecule has 15 heavy (non-hydrogen) atoms. The van der Waals surface area contributed by atoms with E-state index in [1.165, 1.54) is 6.20 Å². The second-order valence-corrected chi connectivity index (χ2v) is 4.22. The molecule has 0 aliphatic carbocycles. The van der Waals surface area contributed by atoms with E-state index in [1.807, 2.05) is 24.4 Å². The van der Waals surface area contributed by atoms with Crippen molar-refractivity contribution in [2.45, 2.75) is 6.92 Å². The Balaban J connectivity index is 2.53. The average Bonchev–Trinajstić information content (AvgIpc) is 2.64. The predicted molar refractivity (Wildman–Crippen MR) is 59.8 cm³/mol. The van der Waals surface area contributed by atoms with Gasteiger partial charge in [0.25, 0.3) is 0 Å². The van der Waals surface area contributed by atoms with Crippen LogP contribution in [0.4, 0.5) is 0 Å².